The predicted molar refractivity (Wildman–Crippen MR) is 69.9 cm³/mol. The van der Waals surface area contributed by atoms with Crippen LogP contribution >= 0.6 is 0 Å². The summed E-state index contributed by atoms with van der Waals surface area (Å²) in [6.07, 6.45) is 3.43. The standard InChI is InChI=1S/C16H14O2/c17-16(13-5-2-1-3-6-13)18-15-10-9-12-7-4-8-14(12)11-15/h1-3,5-6,9-11H,4,7-8H2. The minimum atomic E-state index is -0.298. The fraction of sp³-hybridized carbons (Fsp3) is 0.188. The average molecular weight is 238 g/mol. The van der Waals surface area contributed by atoms with Crippen LogP contribution in [0.4, 0.5) is 0 Å². The Labute approximate surface area is 106 Å². The van der Waals surface area contributed by atoms with Crippen molar-refractivity contribution in [2.45, 2.75) is 19.3 Å². The van der Waals surface area contributed by atoms with Gasteiger partial charge in [0.05, 0.1) is 5.56 Å². The molecule has 3 rings (SSSR count). The molecular formula is C16H14O2. The van der Waals surface area contributed by atoms with Crippen molar-refractivity contribution in [3.8, 4) is 5.75 Å². The Hall–Kier alpha value is -2.09. The number of rotatable bonds is 2. The molecule has 0 fully saturated rings. The molecule has 2 aromatic carbocycles. The zero-order valence-electron chi connectivity index (χ0n) is 10.1. The minimum absolute atomic E-state index is 0.298. The average Bonchev–Trinajstić information content (AvgIpc) is 2.87. The van der Waals surface area contributed by atoms with Crippen molar-refractivity contribution in [1.29, 1.82) is 0 Å². The molecule has 0 bridgehead atoms. The molecule has 0 radical (unpaired) electrons. The highest BCUT2D eigenvalue weighted by Crippen LogP contribution is 2.26. The first kappa shape index (κ1) is 11.0. The maximum atomic E-state index is 11.9. The van der Waals surface area contributed by atoms with Crippen molar-refractivity contribution in [3.63, 3.8) is 0 Å². The van der Waals surface area contributed by atoms with Gasteiger partial charge in [-0.1, -0.05) is 24.3 Å². The molecule has 1 aliphatic carbocycles. The Morgan fingerprint density at radius 1 is 0.944 bits per heavy atom. The van der Waals surface area contributed by atoms with Gasteiger partial charge in [-0.3, -0.25) is 0 Å². The van der Waals surface area contributed by atoms with Gasteiger partial charge in [0.2, 0.25) is 0 Å². The normalized spacial score (nSPS) is 13.1. The zero-order chi connectivity index (χ0) is 12.4. The van der Waals surface area contributed by atoms with Gasteiger partial charge in [-0.25, -0.2) is 4.79 Å². The highest BCUT2D eigenvalue weighted by molar-refractivity contribution is 5.90. The Kier molecular flexibility index (Phi) is 2.85. The third-order valence-corrected chi connectivity index (χ3v) is 3.29. The van der Waals surface area contributed by atoms with Crippen LogP contribution in [0.15, 0.2) is 48.5 Å². The van der Waals surface area contributed by atoms with Crippen LogP contribution in [0.1, 0.15) is 27.9 Å². The molecule has 90 valence electrons. The number of aryl methyl sites for hydroxylation is 2. The first-order valence-electron chi connectivity index (χ1n) is 6.22. The molecule has 0 aromatic heterocycles. The van der Waals surface area contributed by atoms with Crippen molar-refractivity contribution < 1.29 is 9.53 Å². The number of esters is 1. The van der Waals surface area contributed by atoms with Crippen molar-refractivity contribution in [3.05, 3.63) is 65.2 Å². The van der Waals surface area contributed by atoms with E-state index in [1.807, 2.05) is 30.3 Å². The largest absolute Gasteiger partial charge is 0.423 e. The van der Waals surface area contributed by atoms with E-state index in [0.29, 0.717) is 11.3 Å². The van der Waals surface area contributed by atoms with E-state index in [-0.39, 0.29) is 5.97 Å². The molecule has 0 amide bonds. The molecule has 2 aromatic rings. The first-order chi connectivity index (χ1) is 8.83. The summed E-state index contributed by atoms with van der Waals surface area (Å²) in [6, 6.07) is 15.0. The molecule has 0 atom stereocenters. The van der Waals surface area contributed by atoms with Gasteiger partial charge >= 0.3 is 5.97 Å². The smallest absolute Gasteiger partial charge is 0.343 e. The van der Waals surface area contributed by atoms with E-state index in [1.165, 1.54) is 17.5 Å². The fourth-order valence-electron chi connectivity index (χ4n) is 2.35. The molecular weight excluding hydrogens is 224 g/mol. The van der Waals surface area contributed by atoms with E-state index in [2.05, 4.69) is 6.07 Å². The van der Waals surface area contributed by atoms with Crippen LogP contribution in [0.5, 0.6) is 5.75 Å². The quantitative estimate of drug-likeness (QED) is 0.592. The first-order valence-corrected chi connectivity index (χ1v) is 6.22. The third-order valence-electron chi connectivity index (χ3n) is 3.29. The number of carbonyl (C=O) groups excluding carboxylic acids is 1. The maximum absolute atomic E-state index is 11.9. The molecule has 2 nitrogen and oxygen atoms in total. The summed E-state index contributed by atoms with van der Waals surface area (Å²) >= 11 is 0. The predicted octanol–water partition coefficient (Wildman–Crippen LogP) is 3.39. The lowest BCUT2D eigenvalue weighted by molar-refractivity contribution is 0.0734. The maximum Gasteiger partial charge on any atom is 0.343 e. The van der Waals surface area contributed by atoms with Crippen LogP contribution in [0.2, 0.25) is 0 Å². The summed E-state index contributed by atoms with van der Waals surface area (Å²) in [5.74, 6) is 0.345. The lowest BCUT2D eigenvalue weighted by atomic mass is 10.1. The van der Waals surface area contributed by atoms with E-state index in [9.17, 15) is 4.79 Å². The van der Waals surface area contributed by atoms with Gasteiger partial charge in [0, 0.05) is 0 Å². The molecule has 0 N–H and O–H groups in total. The van der Waals surface area contributed by atoms with E-state index < -0.39 is 0 Å². The molecule has 0 aliphatic heterocycles. The Balaban J connectivity index is 1.79. The second-order valence-corrected chi connectivity index (χ2v) is 4.54. The summed E-state index contributed by atoms with van der Waals surface area (Å²) in [4.78, 5) is 11.9. The topological polar surface area (TPSA) is 26.3 Å². The molecule has 18 heavy (non-hydrogen) atoms. The highest BCUT2D eigenvalue weighted by atomic mass is 16.5. The highest BCUT2D eigenvalue weighted by Gasteiger charge is 2.13. The number of carbonyl (C=O) groups is 1. The summed E-state index contributed by atoms with van der Waals surface area (Å²) in [5.41, 5.74) is 3.28. The van der Waals surface area contributed by atoms with Gasteiger partial charge in [-0.05, 0) is 54.7 Å². The monoisotopic (exact) mass is 238 g/mol. The Morgan fingerprint density at radius 2 is 1.72 bits per heavy atom. The summed E-state index contributed by atoms with van der Waals surface area (Å²) in [5, 5.41) is 0. The number of hydrogen-bond acceptors (Lipinski definition) is 2. The van der Waals surface area contributed by atoms with E-state index in [0.717, 1.165) is 12.8 Å². The lowest BCUT2D eigenvalue weighted by Gasteiger charge is -2.06. The van der Waals surface area contributed by atoms with Gasteiger partial charge in [-0.2, -0.15) is 0 Å². The van der Waals surface area contributed by atoms with Crippen LogP contribution in [0, 0.1) is 0 Å². The molecule has 1 aliphatic rings. The summed E-state index contributed by atoms with van der Waals surface area (Å²) in [7, 11) is 0. The van der Waals surface area contributed by atoms with Crippen LogP contribution in [0.25, 0.3) is 0 Å². The second kappa shape index (κ2) is 4.65. The van der Waals surface area contributed by atoms with Gasteiger partial charge < -0.3 is 4.74 Å². The van der Waals surface area contributed by atoms with Crippen molar-refractivity contribution in [2.75, 3.05) is 0 Å². The number of ether oxygens (including phenoxy) is 1. The van der Waals surface area contributed by atoms with Crippen molar-refractivity contribution in [2.24, 2.45) is 0 Å². The molecule has 0 saturated heterocycles. The van der Waals surface area contributed by atoms with Crippen LogP contribution in [-0.2, 0) is 12.8 Å². The molecule has 0 unspecified atom stereocenters. The minimum Gasteiger partial charge on any atom is -0.423 e. The molecule has 2 heteroatoms. The zero-order valence-corrected chi connectivity index (χ0v) is 10.1. The van der Waals surface area contributed by atoms with Crippen LogP contribution < -0.4 is 4.74 Å². The van der Waals surface area contributed by atoms with Crippen LogP contribution in [-0.4, -0.2) is 5.97 Å². The van der Waals surface area contributed by atoms with E-state index >= 15 is 0 Å². The van der Waals surface area contributed by atoms with Gasteiger partial charge in [0.25, 0.3) is 0 Å². The lowest BCUT2D eigenvalue weighted by Crippen LogP contribution is -2.08. The summed E-state index contributed by atoms with van der Waals surface area (Å²) in [6.45, 7) is 0. The van der Waals surface area contributed by atoms with E-state index in [1.54, 1.807) is 12.1 Å². The second-order valence-electron chi connectivity index (χ2n) is 4.54. The van der Waals surface area contributed by atoms with Gasteiger partial charge in [-0.15, -0.1) is 0 Å². The Morgan fingerprint density at radius 3 is 2.56 bits per heavy atom. The van der Waals surface area contributed by atoms with Gasteiger partial charge in [0.15, 0.2) is 0 Å². The number of benzene rings is 2. The van der Waals surface area contributed by atoms with Gasteiger partial charge in [0.1, 0.15) is 5.75 Å². The number of hydrogen-bond donors (Lipinski definition) is 0. The van der Waals surface area contributed by atoms with Crippen LogP contribution in [0.3, 0.4) is 0 Å². The fourth-order valence-corrected chi connectivity index (χ4v) is 2.35. The number of fused-ring (bicyclic) bond motifs is 1. The third kappa shape index (κ3) is 2.14. The van der Waals surface area contributed by atoms with Crippen molar-refractivity contribution in [1.82, 2.24) is 0 Å². The molecule has 0 saturated carbocycles. The Bertz CT molecular complexity index is 573. The van der Waals surface area contributed by atoms with E-state index in [4.69, 9.17) is 4.74 Å². The summed E-state index contributed by atoms with van der Waals surface area (Å²) < 4.78 is 5.39. The van der Waals surface area contributed by atoms with Crippen molar-refractivity contribution >= 4 is 5.97 Å². The molecule has 0 heterocycles. The molecule has 0 spiro atoms. The SMILES string of the molecule is O=C(Oc1ccc2c(c1)CCC2)c1ccccc1.